The maximum Gasteiger partial charge on any atom is 0.271 e. The van der Waals surface area contributed by atoms with Gasteiger partial charge in [0.15, 0.2) is 0 Å². The number of aromatic nitrogens is 3. The van der Waals surface area contributed by atoms with Crippen LogP contribution in [0.15, 0.2) is 35.7 Å². The first-order chi connectivity index (χ1) is 13.9. The molecule has 29 heavy (non-hydrogen) atoms. The number of imidazole rings is 1. The largest absolute Gasteiger partial charge is 0.348 e. The molecule has 1 N–H and O–H groups in total. The summed E-state index contributed by atoms with van der Waals surface area (Å²) in [6.45, 7) is 3.17. The van der Waals surface area contributed by atoms with Crippen LogP contribution in [0.4, 0.5) is 0 Å². The topological polar surface area (TPSA) is 97.2 Å². The van der Waals surface area contributed by atoms with Gasteiger partial charge in [0, 0.05) is 31.5 Å². The minimum absolute atomic E-state index is 0.186. The van der Waals surface area contributed by atoms with E-state index in [9.17, 15) is 13.2 Å². The Kier molecular flexibility index (Phi) is 5.69. The zero-order valence-electron chi connectivity index (χ0n) is 16.6. The fourth-order valence-electron chi connectivity index (χ4n) is 4.09. The lowest BCUT2D eigenvalue weighted by Crippen LogP contribution is -2.39. The Morgan fingerprint density at radius 2 is 1.93 bits per heavy atom. The van der Waals surface area contributed by atoms with Crippen LogP contribution in [0.25, 0.3) is 5.82 Å². The molecule has 1 saturated carbocycles. The second-order valence-electron chi connectivity index (χ2n) is 8.08. The Bertz CT molecular complexity index is 964. The van der Waals surface area contributed by atoms with Crippen LogP contribution in [-0.4, -0.2) is 52.3 Å². The van der Waals surface area contributed by atoms with Crippen molar-refractivity contribution in [3.8, 4) is 5.82 Å². The van der Waals surface area contributed by atoms with Crippen LogP contribution in [0.5, 0.6) is 0 Å². The average Bonchev–Trinajstić information content (AvgIpc) is 3.40. The first kappa shape index (κ1) is 20.0. The van der Waals surface area contributed by atoms with Crippen LogP contribution in [0.2, 0.25) is 0 Å². The number of hydrogen-bond acceptors (Lipinski definition) is 5. The summed E-state index contributed by atoms with van der Waals surface area (Å²) in [5.41, 5.74) is 0.331. The quantitative estimate of drug-likeness (QED) is 0.805. The predicted molar refractivity (Wildman–Crippen MR) is 108 cm³/mol. The van der Waals surface area contributed by atoms with Crippen LogP contribution < -0.4 is 5.32 Å². The molecule has 1 amide bonds. The van der Waals surface area contributed by atoms with Crippen molar-refractivity contribution >= 4 is 15.9 Å². The summed E-state index contributed by atoms with van der Waals surface area (Å²) in [6.07, 6.45) is 10.8. The van der Waals surface area contributed by atoms with Gasteiger partial charge in [0.05, 0.1) is 0 Å². The van der Waals surface area contributed by atoms with Crippen molar-refractivity contribution in [2.45, 2.75) is 56.4 Å². The summed E-state index contributed by atoms with van der Waals surface area (Å²) < 4.78 is 28.9. The summed E-state index contributed by atoms with van der Waals surface area (Å²) in [6, 6.07) is 3.43. The molecule has 0 radical (unpaired) electrons. The van der Waals surface area contributed by atoms with E-state index < -0.39 is 10.0 Å². The van der Waals surface area contributed by atoms with Gasteiger partial charge in [0.1, 0.15) is 22.7 Å². The molecule has 4 rings (SSSR count). The van der Waals surface area contributed by atoms with E-state index >= 15 is 0 Å². The minimum Gasteiger partial charge on any atom is -0.348 e. The van der Waals surface area contributed by atoms with Crippen molar-refractivity contribution in [1.29, 1.82) is 0 Å². The molecule has 0 spiro atoms. The maximum atomic E-state index is 12.9. The lowest BCUT2D eigenvalue weighted by molar-refractivity contribution is 0.0933. The van der Waals surface area contributed by atoms with Crippen molar-refractivity contribution < 1.29 is 13.2 Å². The highest BCUT2D eigenvalue weighted by atomic mass is 32.2. The number of amides is 1. The fraction of sp³-hybridized carbons (Fsp3) is 0.550. The van der Waals surface area contributed by atoms with Crippen LogP contribution in [0.1, 0.15) is 55.9 Å². The summed E-state index contributed by atoms with van der Waals surface area (Å²) in [5.74, 6) is 0.697. The van der Waals surface area contributed by atoms with Crippen LogP contribution >= 0.6 is 0 Å². The van der Waals surface area contributed by atoms with Crippen LogP contribution in [-0.2, 0) is 10.0 Å². The monoisotopic (exact) mass is 417 g/mol. The fourth-order valence-corrected chi connectivity index (χ4v) is 5.63. The molecule has 0 aromatic carbocycles. The lowest BCUT2D eigenvalue weighted by Gasteiger charge is -2.29. The minimum atomic E-state index is -3.53. The molecule has 156 valence electrons. The SMILES string of the molecule is CC1CCCN(S(=O)(=O)c2ccc(-n3cnc(C(=O)NC4CCCC4)c3)nc2)C1. The molecule has 1 atom stereocenters. The van der Waals surface area contributed by atoms with Gasteiger partial charge in [-0.3, -0.25) is 9.36 Å². The molecule has 2 aromatic rings. The van der Waals surface area contributed by atoms with Gasteiger partial charge in [-0.1, -0.05) is 19.8 Å². The second-order valence-corrected chi connectivity index (χ2v) is 10.0. The van der Waals surface area contributed by atoms with Gasteiger partial charge in [-0.05, 0) is 43.7 Å². The number of piperidine rings is 1. The van der Waals surface area contributed by atoms with Gasteiger partial charge in [0.2, 0.25) is 10.0 Å². The Labute approximate surface area is 171 Å². The first-order valence-corrected chi connectivity index (χ1v) is 11.7. The third kappa shape index (κ3) is 4.35. The molecular weight excluding hydrogens is 390 g/mol. The predicted octanol–water partition coefficient (Wildman–Crippen LogP) is 2.36. The van der Waals surface area contributed by atoms with Gasteiger partial charge in [0.25, 0.3) is 5.91 Å². The second kappa shape index (κ2) is 8.23. The van der Waals surface area contributed by atoms with Crippen LogP contribution in [0.3, 0.4) is 0 Å². The Hall–Kier alpha value is -2.26. The summed E-state index contributed by atoms with van der Waals surface area (Å²) in [5, 5.41) is 3.01. The third-order valence-corrected chi connectivity index (χ3v) is 7.60. The smallest absolute Gasteiger partial charge is 0.271 e. The molecule has 1 aliphatic heterocycles. The molecular formula is C20H27N5O3S. The zero-order chi connectivity index (χ0) is 20.4. The lowest BCUT2D eigenvalue weighted by atomic mass is 10.0. The third-order valence-electron chi connectivity index (χ3n) is 5.75. The zero-order valence-corrected chi connectivity index (χ0v) is 17.4. The summed E-state index contributed by atoms with van der Waals surface area (Å²) >= 11 is 0. The van der Waals surface area contributed by atoms with Crippen LogP contribution in [0, 0.1) is 5.92 Å². The molecule has 8 nitrogen and oxygen atoms in total. The van der Waals surface area contributed by atoms with E-state index in [1.807, 2.05) is 0 Å². The number of nitrogens with zero attached hydrogens (tertiary/aromatic N) is 4. The number of nitrogens with one attached hydrogen (secondary N) is 1. The molecule has 2 aliphatic rings. The number of carbonyl (C=O) groups is 1. The number of pyridine rings is 1. The van der Waals surface area contributed by atoms with E-state index in [2.05, 4.69) is 22.2 Å². The Morgan fingerprint density at radius 3 is 2.62 bits per heavy atom. The highest BCUT2D eigenvalue weighted by Crippen LogP contribution is 2.23. The molecule has 0 bridgehead atoms. The van der Waals surface area contributed by atoms with Gasteiger partial charge in [-0.2, -0.15) is 4.31 Å². The number of rotatable bonds is 5. The number of sulfonamides is 1. The first-order valence-electron chi connectivity index (χ1n) is 10.2. The highest BCUT2D eigenvalue weighted by Gasteiger charge is 2.29. The molecule has 2 fully saturated rings. The summed E-state index contributed by atoms with van der Waals surface area (Å²) in [7, 11) is -3.53. The maximum absolute atomic E-state index is 12.9. The van der Waals surface area contributed by atoms with Crippen molar-refractivity contribution in [2.75, 3.05) is 13.1 Å². The molecule has 3 heterocycles. The molecule has 1 unspecified atom stereocenters. The summed E-state index contributed by atoms with van der Waals surface area (Å²) in [4.78, 5) is 21.0. The van der Waals surface area contributed by atoms with E-state index in [0.29, 0.717) is 30.5 Å². The standard InChI is InChI=1S/C20H27N5O3S/c1-15-5-4-10-25(12-15)29(27,28)17-8-9-19(21-11-17)24-13-18(22-14-24)20(26)23-16-6-2-3-7-16/h8-9,11,13-16H,2-7,10,12H2,1H3,(H,23,26). The van der Waals surface area contributed by atoms with E-state index in [1.165, 1.54) is 12.5 Å². The van der Waals surface area contributed by atoms with Crippen molar-refractivity contribution in [2.24, 2.45) is 5.92 Å². The van der Waals surface area contributed by atoms with Gasteiger partial charge in [-0.25, -0.2) is 18.4 Å². The van der Waals surface area contributed by atoms with Crippen molar-refractivity contribution in [3.63, 3.8) is 0 Å². The number of hydrogen-bond donors (Lipinski definition) is 1. The number of carbonyl (C=O) groups excluding carboxylic acids is 1. The Balaban J connectivity index is 1.46. The molecule has 1 saturated heterocycles. The van der Waals surface area contributed by atoms with Crippen molar-refractivity contribution in [1.82, 2.24) is 24.2 Å². The van der Waals surface area contributed by atoms with Gasteiger partial charge >= 0.3 is 0 Å². The normalized spacial score (nSPS) is 21.3. The van der Waals surface area contributed by atoms with E-state index in [1.54, 1.807) is 27.2 Å². The van der Waals surface area contributed by atoms with E-state index in [4.69, 9.17) is 0 Å². The highest BCUT2D eigenvalue weighted by molar-refractivity contribution is 7.89. The Morgan fingerprint density at radius 1 is 1.14 bits per heavy atom. The van der Waals surface area contributed by atoms with Gasteiger partial charge in [-0.15, -0.1) is 0 Å². The van der Waals surface area contributed by atoms with Crippen molar-refractivity contribution in [3.05, 3.63) is 36.5 Å². The van der Waals surface area contributed by atoms with E-state index in [-0.39, 0.29) is 16.8 Å². The van der Waals surface area contributed by atoms with E-state index in [0.717, 1.165) is 38.5 Å². The van der Waals surface area contributed by atoms with Gasteiger partial charge < -0.3 is 5.32 Å². The molecule has 1 aliphatic carbocycles. The molecule has 9 heteroatoms. The molecule has 2 aromatic heterocycles. The average molecular weight is 418 g/mol.